The number of hydrogen-bond donors (Lipinski definition) is 6. The summed E-state index contributed by atoms with van der Waals surface area (Å²) in [4.78, 5) is 65.0. The van der Waals surface area contributed by atoms with E-state index < -0.39 is 120 Å². The SMILES string of the molecule is C=C[C@@H]1O[C@H](C=C)[C@@H]2C(=O)N(CCCCCN(Cc3cn(CCOCCO[C@@H]4OC(C(=O)[O-])[C@@H](O[C@H]5OC([CH2-])[C@@H](O)[C@H](O)C5NSOO[O-])[C@H](O)C4O)nn3)C(=O)CCC(=O)[O-])C(=O)[C@@H]21.O=S(=O)([O-])O.[Na+].[Na+].[Na+].[Na+]. The number of carboxylic acid groups (broad SMARTS) is 2. The maximum absolute atomic E-state index is 13.1. The number of aliphatic hydroxyl groups excluding tert-OH is 4. The first kappa shape index (κ1) is 73.8. The quantitative estimate of drug-likeness (QED) is 0.00407. The average molecular weight is 1130 g/mol. The van der Waals surface area contributed by atoms with E-state index >= 15 is 0 Å². The Hall–Kier alpha value is -0.170. The van der Waals surface area contributed by atoms with Gasteiger partial charge in [0.15, 0.2) is 12.6 Å². The van der Waals surface area contributed by atoms with Gasteiger partial charge in [-0.2, -0.15) is 4.33 Å². The largest absolute Gasteiger partial charge is 1.00 e. The Balaban J connectivity index is 0.00000564. The van der Waals surface area contributed by atoms with Crippen LogP contribution in [0.25, 0.3) is 0 Å². The van der Waals surface area contributed by atoms with Crippen molar-refractivity contribution < 1.29 is 233 Å². The van der Waals surface area contributed by atoms with Gasteiger partial charge < -0.3 is 90.3 Å². The van der Waals surface area contributed by atoms with E-state index in [1.807, 2.05) is 0 Å². The van der Waals surface area contributed by atoms with Gasteiger partial charge in [-0.05, 0) is 31.8 Å². The summed E-state index contributed by atoms with van der Waals surface area (Å²) in [6.45, 7) is 11.2. The molecule has 0 aliphatic carbocycles. The third kappa shape index (κ3) is 22.1. The van der Waals surface area contributed by atoms with Crippen LogP contribution in [0.2, 0.25) is 0 Å². The number of unbranched alkanes of at least 4 members (excludes halogenated alkanes) is 2. The van der Waals surface area contributed by atoms with Crippen molar-refractivity contribution >= 4 is 52.3 Å². The van der Waals surface area contributed by atoms with Crippen molar-refractivity contribution in [3.05, 3.63) is 44.1 Å². The summed E-state index contributed by atoms with van der Waals surface area (Å²) in [6, 6.07) is -1.43. The number of hydrogen-bond acceptors (Lipinski definition) is 27. The fourth-order valence-corrected chi connectivity index (χ4v) is 8.21. The molecule has 4 fully saturated rings. The molecule has 4 aliphatic rings. The molecular formula is C38H53N6Na4O24S2-. The molecule has 4 aliphatic heterocycles. The molecule has 0 radical (unpaired) electrons. The second-order valence-electron chi connectivity index (χ2n) is 15.8. The zero-order valence-electron chi connectivity index (χ0n) is 41.0. The number of nitrogens with one attached hydrogen (secondary N) is 1. The number of rotatable bonds is 27. The Morgan fingerprint density at radius 1 is 0.878 bits per heavy atom. The van der Waals surface area contributed by atoms with Gasteiger partial charge in [0.1, 0.15) is 48.4 Å². The fraction of sp³-hybridized carbons (Fsp3) is 0.684. The number of carboxylic acids is 2. The van der Waals surface area contributed by atoms with Crippen LogP contribution >= 0.6 is 12.2 Å². The molecule has 5 heterocycles. The van der Waals surface area contributed by atoms with Crippen molar-refractivity contribution in [3.8, 4) is 0 Å². The van der Waals surface area contributed by atoms with Gasteiger partial charge in [0.25, 0.3) is 0 Å². The summed E-state index contributed by atoms with van der Waals surface area (Å²) in [6.07, 6.45) is -11.6. The summed E-state index contributed by atoms with van der Waals surface area (Å²) >= 11 is 0.172. The minimum Gasteiger partial charge on any atom is -0.726 e. The summed E-state index contributed by atoms with van der Waals surface area (Å²) in [5.74, 6) is -5.65. The Morgan fingerprint density at radius 2 is 1.50 bits per heavy atom. The molecule has 0 aromatic carbocycles. The number of aliphatic carboxylic acids is 2. The first-order valence-corrected chi connectivity index (χ1v) is 23.3. The molecule has 0 spiro atoms. The molecule has 1 aromatic rings. The van der Waals surface area contributed by atoms with Crippen molar-refractivity contribution in [3.63, 3.8) is 0 Å². The first-order chi connectivity index (χ1) is 33.1. The van der Waals surface area contributed by atoms with E-state index in [4.69, 9.17) is 45.9 Å². The van der Waals surface area contributed by atoms with Gasteiger partial charge in [0.05, 0.1) is 81.3 Å². The minimum atomic E-state index is -4.92. The number of carbonyl (C=O) groups is 5. The van der Waals surface area contributed by atoms with Crippen LogP contribution in [0.4, 0.5) is 0 Å². The second-order valence-corrected chi connectivity index (χ2v) is 17.2. The molecule has 4 saturated heterocycles. The van der Waals surface area contributed by atoms with Crippen LogP contribution in [-0.4, -0.2) is 199 Å². The summed E-state index contributed by atoms with van der Waals surface area (Å²) in [7, 11) is -4.92. The topological polar surface area (TPSA) is 436 Å². The fourth-order valence-electron chi connectivity index (χ4n) is 7.78. The Kier molecular flexibility index (Phi) is 36.2. The first-order valence-electron chi connectivity index (χ1n) is 21.2. The van der Waals surface area contributed by atoms with Crippen LogP contribution in [0.15, 0.2) is 31.5 Å². The van der Waals surface area contributed by atoms with Crippen LogP contribution < -0.4 is 138 Å². The van der Waals surface area contributed by atoms with Crippen LogP contribution in [0.1, 0.15) is 37.8 Å². The third-order valence-corrected chi connectivity index (χ3v) is 11.6. The normalized spacial score (nSPS) is 29.2. The molecular weight excluding hydrogens is 1080 g/mol. The molecule has 74 heavy (non-hydrogen) atoms. The Morgan fingerprint density at radius 3 is 2.07 bits per heavy atom. The van der Waals surface area contributed by atoms with Crippen LogP contribution in [0, 0.1) is 18.8 Å². The second kappa shape index (κ2) is 36.2. The zero-order chi connectivity index (χ0) is 51.9. The van der Waals surface area contributed by atoms with Gasteiger partial charge in [-0.3, -0.25) is 28.9 Å². The molecule has 14 atom stereocenters. The van der Waals surface area contributed by atoms with Crippen molar-refractivity contribution in [1.82, 2.24) is 29.5 Å². The minimum absolute atomic E-state index is 0. The maximum atomic E-state index is 13.1. The smallest absolute Gasteiger partial charge is 0.726 e. The van der Waals surface area contributed by atoms with Crippen molar-refractivity contribution in [1.29, 1.82) is 0 Å². The summed E-state index contributed by atoms with van der Waals surface area (Å²) in [5.41, 5.74) is 0.390. The zero-order valence-corrected chi connectivity index (χ0v) is 50.6. The van der Waals surface area contributed by atoms with E-state index in [0.29, 0.717) is 25.0 Å². The number of likely N-dealkylation sites (tertiary alicyclic amines) is 1. The third-order valence-electron chi connectivity index (χ3n) is 11.1. The Labute approximate surface area is 517 Å². The van der Waals surface area contributed by atoms with Crippen molar-refractivity contribution in [2.75, 3.05) is 32.9 Å². The van der Waals surface area contributed by atoms with E-state index in [-0.39, 0.29) is 195 Å². The van der Waals surface area contributed by atoms with Crippen molar-refractivity contribution in [2.45, 2.75) is 119 Å². The molecule has 396 valence electrons. The number of carbonyl (C=O) groups excluding carboxylic acids is 5. The van der Waals surface area contributed by atoms with E-state index in [0.717, 1.165) is 0 Å². The number of imide groups is 1. The molecule has 5 rings (SSSR count). The molecule has 4 unspecified atom stereocenters. The van der Waals surface area contributed by atoms with Crippen molar-refractivity contribution in [2.24, 2.45) is 11.8 Å². The number of aromatic nitrogens is 3. The van der Waals surface area contributed by atoms with Gasteiger partial charge in [-0.15, -0.1) is 18.3 Å². The van der Waals surface area contributed by atoms with Gasteiger partial charge in [-0.1, -0.05) is 17.4 Å². The molecule has 1 aromatic heterocycles. The predicted molar refractivity (Wildman–Crippen MR) is 219 cm³/mol. The van der Waals surface area contributed by atoms with E-state index in [1.54, 1.807) is 6.20 Å². The summed E-state index contributed by atoms with van der Waals surface area (Å²) in [5, 5.41) is 86.9. The number of ether oxygens (including phenoxy) is 6. The van der Waals surface area contributed by atoms with E-state index in [9.17, 15) is 59.9 Å². The summed E-state index contributed by atoms with van der Waals surface area (Å²) < 4.78 is 73.8. The number of nitrogens with zero attached hydrogens (tertiary/aromatic N) is 5. The number of amides is 3. The molecule has 36 heteroatoms. The Bertz CT molecular complexity index is 2020. The maximum Gasteiger partial charge on any atom is 1.00 e. The van der Waals surface area contributed by atoms with E-state index in [1.165, 1.54) is 26.6 Å². The van der Waals surface area contributed by atoms with Gasteiger partial charge >= 0.3 is 118 Å². The van der Waals surface area contributed by atoms with E-state index in [2.05, 4.69) is 44.5 Å². The molecule has 0 bridgehead atoms. The van der Waals surface area contributed by atoms with Crippen LogP contribution in [0.3, 0.4) is 0 Å². The molecule has 6 N–H and O–H groups in total. The molecule has 0 saturated carbocycles. The van der Waals surface area contributed by atoms with Gasteiger partial charge in [-0.25, -0.2) is 17.8 Å². The molecule has 30 nitrogen and oxygen atoms in total. The average Bonchev–Trinajstić information content (AvgIpc) is 3.99. The van der Waals surface area contributed by atoms with Gasteiger partial charge in [0.2, 0.25) is 28.1 Å². The molecule has 3 amide bonds. The van der Waals surface area contributed by atoms with Crippen LogP contribution in [-0.2, 0) is 85.3 Å². The number of fused-ring (bicyclic) bond motifs is 1. The van der Waals surface area contributed by atoms with Crippen LogP contribution in [0.5, 0.6) is 0 Å². The predicted octanol–water partition coefficient (Wildman–Crippen LogP) is -19.3. The standard InChI is InChI=1S/C38H55N6O20S.4Na.H2O4S/c1-4-21-25-26(22(5-2)60-21)35(53)44(34(25)52)12-8-6-7-11-42(23(45)9-10-24(46)47)17-20-18-43(41-39-20)13-14-57-15-16-58-38-31(51)30(50)32(33(62-38)36(54)55)61-37-27(40-65-64-63-56)29(49)28(48)19(3)59-37;;;;;1-5(2,3)4/h4-5,18-19,21-22,25-33,37-38,40,48-51,56H,1-3,6-17H2,(H,46,47)(H,54,55);;;;;(H2,1,2,3,4)/q-1;4*+1;/p-4/t19?,21-,22+,25+,26-,27?,28-,29-,30-,31?,32+,33?,37-,38-;;;;;/m1...../s1. The monoisotopic (exact) mass is 1130 g/mol. The van der Waals surface area contributed by atoms with Gasteiger partial charge in [0, 0.05) is 25.5 Å². The number of aliphatic hydroxyl groups is 4.